The Morgan fingerprint density at radius 2 is 1.97 bits per heavy atom. The van der Waals surface area contributed by atoms with Crippen molar-refractivity contribution in [2.24, 2.45) is 0 Å². The minimum atomic E-state index is -0.313. The molecule has 0 saturated carbocycles. The highest BCUT2D eigenvalue weighted by atomic mass is 16.5. The lowest BCUT2D eigenvalue weighted by atomic mass is 10.1. The summed E-state index contributed by atoms with van der Waals surface area (Å²) in [5.41, 5.74) is 2.85. The second-order valence-electron chi connectivity index (χ2n) is 7.14. The first-order valence-electron chi connectivity index (χ1n) is 10.3. The molecule has 10 heteroatoms. The Bertz CT molecular complexity index is 1300. The van der Waals surface area contributed by atoms with Crippen LogP contribution in [0.1, 0.15) is 17.3 Å². The number of ether oxygens (including phenoxy) is 1. The second-order valence-corrected chi connectivity index (χ2v) is 7.14. The molecule has 10 nitrogen and oxygen atoms in total. The summed E-state index contributed by atoms with van der Waals surface area (Å²) in [5, 5.41) is 9.69. The molecule has 2 N–H and O–H groups in total. The number of carbonyl (C=O) groups is 2. The van der Waals surface area contributed by atoms with Crippen LogP contribution < -0.4 is 20.3 Å². The Hall–Kier alpha value is -4.47. The maximum absolute atomic E-state index is 13.1. The fraction of sp³-hybridized carbons (Fsp3) is 0.174. The van der Waals surface area contributed by atoms with E-state index in [1.807, 2.05) is 13.0 Å². The number of amides is 3. The van der Waals surface area contributed by atoms with Crippen molar-refractivity contribution in [2.75, 3.05) is 30.9 Å². The molecule has 0 aliphatic heterocycles. The molecule has 0 unspecified atom stereocenters. The number of pyridine rings is 3. The number of urea groups is 1. The number of aromatic nitrogens is 4. The van der Waals surface area contributed by atoms with E-state index in [4.69, 9.17) is 4.74 Å². The predicted molar refractivity (Wildman–Crippen MR) is 125 cm³/mol. The van der Waals surface area contributed by atoms with Gasteiger partial charge in [-0.05, 0) is 37.3 Å². The first-order chi connectivity index (χ1) is 16.0. The molecule has 0 bridgehead atoms. The zero-order valence-electron chi connectivity index (χ0n) is 18.4. The third-order valence-corrected chi connectivity index (χ3v) is 5.02. The lowest BCUT2D eigenvalue weighted by molar-refractivity contribution is 0.0992. The lowest BCUT2D eigenvalue weighted by Crippen LogP contribution is -2.28. The van der Waals surface area contributed by atoms with E-state index >= 15 is 0 Å². The van der Waals surface area contributed by atoms with Crippen molar-refractivity contribution in [2.45, 2.75) is 6.92 Å². The Labute approximate surface area is 190 Å². The van der Waals surface area contributed by atoms with Crippen molar-refractivity contribution >= 4 is 29.1 Å². The summed E-state index contributed by atoms with van der Waals surface area (Å²) < 4.78 is 6.91. The van der Waals surface area contributed by atoms with E-state index in [1.54, 1.807) is 73.8 Å². The van der Waals surface area contributed by atoms with Crippen LogP contribution in [0, 0.1) is 0 Å². The standard InChI is InChI=1S/C23H23N7O3/c1-4-24-23(32)28-20-6-5-16(13-26-20)18-14-27-30-10-8-15(11-19(18)30)22(31)29(2)21-12-17(33-3)7-9-25-21/h5-14H,4H2,1-3H3,(H2,24,26,28,32). The van der Waals surface area contributed by atoms with Gasteiger partial charge in [0.2, 0.25) is 0 Å². The van der Waals surface area contributed by atoms with Crippen LogP contribution in [0.15, 0.2) is 61.2 Å². The van der Waals surface area contributed by atoms with Gasteiger partial charge < -0.3 is 10.1 Å². The number of hydrogen-bond acceptors (Lipinski definition) is 6. The SMILES string of the molecule is CCNC(=O)Nc1ccc(-c2cnn3ccc(C(=O)N(C)c4cc(OC)ccn4)cc23)cn1. The van der Waals surface area contributed by atoms with Crippen molar-refractivity contribution in [1.29, 1.82) is 0 Å². The number of hydrogen-bond donors (Lipinski definition) is 2. The van der Waals surface area contributed by atoms with Crippen LogP contribution >= 0.6 is 0 Å². The molecule has 0 atom stereocenters. The highest BCUT2D eigenvalue weighted by Gasteiger charge is 2.17. The molecular formula is C23H23N7O3. The third-order valence-electron chi connectivity index (χ3n) is 5.02. The zero-order valence-corrected chi connectivity index (χ0v) is 18.4. The molecule has 4 rings (SSSR count). The van der Waals surface area contributed by atoms with Gasteiger partial charge in [-0.3, -0.25) is 15.0 Å². The molecule has 3 amide bonds. The van der Waals surface area contributed by atoms with E-state index in [2.05, 4.69) is 25.7 Å². The molecule has 4 aromatic rings. The summed E-state index contributed by atoms with van der Waals surface area (Å²) in [4.78, 5) is 34.8. The minimum Gasteiger partial charge on any atom is -0.497 e. The van der Waals surface area contributed by atoms with Crippen molar-refractivity contribution in [1.82, 2.24) is 24.9 Å². The van der Waals surface area contributed by atoms with E-state index in [0.717, 1.165) is 16.6 Å². The van der Waals surface area contributed by atoms with Crippen LogP contribution in [0.3, 0.4) is 0 Å². The average Bonchev–Trinajstić information content (AvgIpc) is 3.27. The molecule has 33 heavy (non-hydrogen) atoms. The van der Waals surface area contributed by atoms with Crippen molar-refractivity contribution in [3.05, 3.63) is 66.7 Å². The average molecular weight is 445 g/mol. The predicted octanol–water partition coefficient (Wildman–Crippen LogP) is 3.22. The van der Waals surface area contributed by atoms with Gasteiger partial charge in [0.1, 0.15) is 17.4 Å². The van der Waals surface area contributed by atoms with Crippen LogP contribution in [0.4, 0.5) is 16.4 Å². The maximum Gasteiger partial charge on any atom is 0.320 e. The molecule has 4 aromatic heterocycles. The smallest absolute Gasteiger partial charge is 0.320 e. The summed E-state index contributed by atoms with van der Waals surface area (Å²) in [6.07, 6.45) is 6.69. The van der Waals surface area contributed by atoms with Gasteiger partial charge in [-0.15, -0.1) is 0 Å². The molecule has 4 heterocycles. The third kappa shape index (κ3) is 4.59. The number of carbonyl (C=O) groups excluding carboxylic acids is 2. The van der Waals surface area contributed by atoms with Gasteiger partial charge in [-0.2, -0.15) is 5.10 Å². The molecular weight excluding hydrogens is 422 g/mol. The highest BCUT2D eigenvalue weighted by Crippen LogP contribution is 2.26. The number of methoxy groups -OCH3 is 1. The number of rotatable bonds is 6. The molecule has 0 aromatic carbocycles. The fourth-order valence-corrected chi connectivity index (χ4v) is 3.29. The summed E-state index contributed by atoms with van der Waals surface area (Å²) in [6, 6.07) is 10.1. The van der Waals surface area contributed by atoms with Crippen LogP contribution in [-0.2, 0) is 0 Å². The first kappa shape index (κ1) is 21.8. The summed E-state index contributed by atoms with van der Waals surface area (Å²) in [5.74, 6) is 1.31. The lowest BCUT2D eigenvalue weighted by Gasteiger charge is -2.17. The Morgan fingerprint density at radius 3 is 2.70 bits per heavy atom. The second kappa shape index (κ2) is 9.35. The van der Waals surface area contributed by atoms with E-state index in [-0.39, 0.29) is 11.9 Å². The van der Waals surface area contributed by atoms with Gasteiger partial charge in [0.15, 0.2) is 0 Å². The molecule has 0 aliphatic carbocycles. The van der Waals surface area contributed by atoms with Crippen molar-refractivity contribution in [3.63, 3.8) is 0 Å². The number of anilines is 2. The van der Waals surface area contributed by atoms with Gasteiger partial charge in [-0.1, -0.05) is 0 Å². The van der Waals surface area contributed by atoms with E-state index in [0.29, 0.717) is 29.5 Å². The normalized spacial score (nSPS) is 10.6. The Kier molecular flexibility index (Phi) is 6.16. The molecule has 0 saturated heterocycles. The van der Waals surface area contributed by atoms with Crippen LogP contribution in [0.2, 0.25) is 0 Å². The largest absolute Gasteiger partial charge is 0.497 e. The van der Waals surface area contributed by atoms with Gasteiger partial charge in [0.25, 0.3) is 5.91 Å². The summed E-state index contributed by atoms with van der Waals surface area (Å²) in [6.45, 7) is 2.36. The van der Waals surface area contributed by atoms with Gasteiger partial charge in [0.05, 0.1) is 18.8 Å². The fourth-order valence-electron chi connectivity index (χ4n) is 3.29. The van der Waals surface area contributed by atoms with Gasteiger partial charge in [-0.25, -0.2) is 19.3 Å². The summed E-state index contributed by atoms with van der Waals surface area (Å²) >= 11 is 0. The highest BCUT2D eigenvalue weighted by molar-refractivity contribution is 6.06. The molecule has 0 spiro atoms. The molecule has 0 fully saturated rings. The Balaban J connectivity index is 1.61. The number of fused-ring (bicyclic) bond motifs is 1. The van der Waals surface area contributed by atoms with Crippen LogP contribution in [0.5, 0.6) is 5.75 Å². The van der Waals surface area contributed by atoms with Gasteiger partial charge >= 0.3 is 6.03 Å². The molecule has 0 aliphatic rings. The number of nitrogens with one attached hydrogen (secondary N) is 2. The maximum atomic E-state index is 13.1. The monoisotopic (exact) mass is 445 g/mol. The van der Waals surface area contributed by atoms with E-state index in [9.17, 15) is 9.59 Å². The van der Waals surface area contributed by atoms with Crippen molar-refractivity contribution < 1.29 is 14.3 Å². The quantitative estimate of drug-likeness (QED) is 0.471. The van der Waals surface area contributed by atoms with Crippen molar-refractivity contribution in [3.8, 4) is 16.9 Å². The Morgan fingerprint density at radius 1 is 1.12 bits per heavy atom. The first-order valence-corrected chi connectivity index (χ1v) is 10.3. The van der Waals surface area contributed by atoms with E-state index < -0.39 is 0 Å². The van der Waals surface area contributed by atoms with Crippen LogP contribution in [-0.4, -0.2) is 52.2 Å². The number of nitrogens with zero attached hydrogens (tertiary/aromatic N) is 5. The topological polar surface area (TPSA) is 114 Å². The van der Waals surface area contributed by atoms with Crippen LogP contribution in [0.25, 0.3) is 16.6 Å². The summed E-state index contributed by atoms with van der Waals surface area (Å²) in [7, 11) is 3.23. The minimum absolute atomic E-state index is 0.218. The van der Waals surface area contributed by atoms with E-state index in [1.165, 1.54) is 4.90 Å². The van der Waals surface area contributed by atoms with Gasteiger partial charge in [0, 0.05) is 54.9 Å². The molecule has 0 radical (unpaired) electrons. The zero-order chi connectivity index (χ0) is 23.4. The molecule has 168 valence electrons.